The number of carbonyl (C=O) groups excluding carboxylic acids is 1. The highest BCUT2D eigenvalue weighted by atomic mass is 16.1. The Hall–Kier alpha value is 0.254. The number of carbonyl (C=O) groups is 1. The third-order valence-electron chi connectivity index (χ3n) is 1.42. The highest BCUT2D eigenvalue weighted by Gasteiger charge is 2.18. The van der Waals surface area contributed by atoms with Crippen molar-refractivity contribution >= 4 is 70.5 Å². The van der Waals surface area contributed by atoms with E-state index in [1.807, 2.05) is 0 Å². The minimum absolute atomic E-state index is 0.0374. The van der Waals surface area contributed by atoms with Gasteiger partial charge >= 0.3 is 0 Å². The van der Waals surface area contributed by atoms with E-state index in [0.29, 0.717) is 0 Å². The Bertz CT molecular complexity index is 121. The highest BCUT2D eigenvalue weighted by Crippen LogP contribution is 1.86. The summed E-state index contributed by atoms with van der Waals surface area (Å²) in [4.78, 5) is 10.5. The van der Waals surface area contributed by atoms with Gasteiger partial charge in [0, 0.05) is 0 Å². The van der Waals surface area contributed by atoms with E-state index in [1.54, 1.807) is 0 Å². The molecule has 0 N–H and O–H groups in total. The lowest BCUT2D eigenvalue weighted by Crippen LogP contribution is -2.60. The molecule has 0 saturated heterocycles. The normalized spacial score (nSPS) is 9.27. The summed E-state index contributed by atoms with van der Waals surface area (Å²) in [5.74, 6) is 0. The summed E-state index contributed by atoms with van der Waals surface area (Å²) in [7, 11) is 21.9. The summed E-state index contributed by atoms with van der Waals surface area (Å²) in [6, 6.07) is 0. The monoisotopic (exact) mass is 132 g/mol. The van der Waals surface area contributed by atoms with Crippen molar-refractivity contribution in [3.8, 4) is 0 Å². The molecule has 0 fully saturated rings. The van der Waals surface area contributed by atoms with Gasteiger partial charge in [-0.2, -0.15) is 0 Å². The molecule has 0 heterocycles. The molecule has 0 aliphatic rings. The van der Waals surface area contributed by atoms with Crippen molar-refractivity contribution in [2.24, 2.45) is 0 Å². The Morgan fingerprint density at radius 2 is 1.82 bits per heavy atom. The molecule has 8 radical (unpaired) electrons. The molecule has 0 rings (SSSR count). The van der Waals surface area contributed by atoms with Crippen LogP contribution >= 0.6 is 0 Å². The topological polar surface area (TPSA) is 17.1 Å². The van der Waals surface area contributed by atoms with Gasteiger partial charge in [0.1, 0.15) is 0 Å². The predicted molar refractivity (Wildman–Crippen MR) is 64.1 cm³/mol. The van der Waals surface area contributed by atoms with Crippen molar-refractivity contribution < 1.29 is 4.79 Å². The van der Waals surface area contributed by atoms with Gasteiger partial charge in [-0.1, -0.05) is 7.74 Å². The lowest BCUT2D eigenvalue weighted by Gasteiger charge is -2.29. The van der Waals surface area contributed by atoms with Crippen LogP contribution in [-0.4, -0.2) is 70.5 Å². The minimum atomic E-state index is -1.40. The zero-order valence-electron chi connectivity index (χ0n) is 5.73. The summed E-state index contributed by atoms with van der Waals surface area (Å²) >= 11 is 0. The van der Waals surface area contributed by atoms with Gasteiger partial charge in [0.25, 0.3) is 0 Å². The summed E-state index contributed by atoms with van der Waals surface area (Å²) in [6.07, 6.45) is -1.07. The standard InChI is InChI=1S/CH5B9O/c2-8(3)7(1-11)10(6)9(4)5/h1,9H,2H3/q-2. The van der Waals surface area contributed by atoms with Gasteiger partial charge < -0.3 is 4.79 Å². The molecular weight excluding hydrogens is 125 g/mol. The van der Waals surface area contributed by atoms with Gasteiger partial charge in [-0.25, -0.2) is 15.5 Å². The maximum Gasteiger partial charge on any atom is 0.0619 e. The van der Waals surface area contributed by atoms with Crippen molar-refractivity contribution in [2.45, 2.75) is 0 Å². The molecule has 0 aliphatic carbocycles. The van der Waals surface area contributed by atoms with E-state index in [9.17, 15) is 4.79 Å². The SMILES string of the molecule is [B]B([BH3-])B(C=O)B([B])[BH-]([B])[B]. The quantitative estimate of drug-likeness (QED) is 0.276. The Morgan fingerprint density at radius 1 is 1.36 bits per heavy atom. The predicted octanol–water partition coefficient (Wildman–Crippen LogP) is -4.77. The van der Waals surface area contributed by atoms with Gasteiger partial charge in [0.15, 0.2) is 0 Å². The van der Waals surface area contributed by atoms with Crippen molar-refractivity contribution in [2.75, 3.05) is 0 Å². The maximum atomic E-state index is 10.5. The average molecular weight is 130 g/mol. The number of hydrogen-bond donors (Lipinski definition) is 0. The number of hydrogen-bond acceptors (Lipinski definition) is 1. The first-order valence-corrected chi connectivity index (χ1v) is 3.13. The van der Waals surface area contributed by atoms with Crippen molar-refractivity contribution in [1.82, 2.24) is 0 Å². The molecule has 0 unspecified atom stereocenters. The first kappa shape index (κ1) is 11.3. The van der Waals surface area contributed by atoms with E-state index in [1.165, 1.54) is 0 Å². The van der Waals surface area contributed by atoms with Crippen LogP contribution in [0.25, 0.3) is 0 Å². The van der Waals surface area contributed by atoms with Gasteiger partial charge in [-0.15, -0.1) is 19.2 Å². The summed E-state index contributed by atoms with van der Waals surface area (Å²) in [6.45, 7) is -0.315. The molecule has 0 spiro atoms. The Kier molecular flexibility index (Phi) is 5.11. The fourth-order valence-corrected chi connectivity index (χ4v) is 0.603. The molecule has 0 aromatic rings. The van der Waals surface area contributed by atoms with Crippen LogP contribution in [0.2, 0.25) is 0 Å². The largest absolute Gasteiger partial charge is 0.317 e. The molecule has 11 heavy (non-hydrogen) atoms. The smallest absolute Gasteiger partial charge is 0.0619 e. The van der Waals surface area contributed by atoms with E-state index in [-0.39, 0.29) is 20.6 Å². The van der Waals surface area contributed by atoms with Crippen LogP contribution in [0.5, 0.6) is 0 Å². The van der Waals surface area contributed by atoms with Crippen LogP contribution in [0.15, 0.2) is 0 Å². The summed E-state index contributed by atoms with van der Waals surface area (Å²) in [5, 5.41) is 0. The van der Waals surface area contributed by atoms with E-state index in [4.69, 9.17) is 30.9 Å². The molecule has 0 atom stereocenters. The second-order valence-electron chi connectivity index (χ2n) is 2.28. The van der Waals surface area contributed by atoms with Crippen LogP contribution < -0.4 is 0 Å². The molecular formula is CH5B9O-2. The molecule has 0 aliphatic heterocycles. The van der Waals surface area contributed by atoms with Crippen LogP contribution in [0.1, 0.15) is 0 Å². The second kappa shape index (κ2) is 5.00. The fourth-order valence-electron chi connectivity index (χ4n) is 0.603. The molecule has 44 valence electrons. The van der Waals surface area contributed by atoms with E-state index >= 15 is 0 Å². The molecule has 0 bridgehead atoms. The van der Waals surface area contributed by atoms with Crippen LogP contribution in [0.3, 0.4) is 0 Å². The molecule has 0 amide bonds. The zero-order chi connectivity index (χ0) is 9.02. The van der Waals surface area contributed by atoms with E-state index in [2.05, 4.69) is 0 Å². The van der Waals surface area contributed by atoms with E-state index in [0.717, 1.165) is 6.19 Å². The third kappa shape index (κ3) is 3.44. The lowest BCUT2D eigenvalue weighted by atomic mass is 8.64. The average Bonchev–Trinajstić information content (AvgIpc) is 1.88. The van der Waals surface area contributed by atoms with Gasteiger partial charge in [0.05, 0.1) is 12.7 Å². The fraction of sp³-hybridized carbons (Fsp3) is 0. The Morgan fingerprint density at radius 3 is 1.91 bits per heavy atom. The number of rotatable bonds is 4. The third-order valence-corrected chi connectivity index (χ3v) is 1.42. The minimum Gasteiger partial charge on any atom is -0.317 e. The highest BCUT2D eigenvalue weighted by molar-refractivity contribution is 7.95. The van der Waals surface area contributed by atoms with Crippen LogP contribution in [0, 0.1) is 0 Å². The lowest BCUT2D eigenvalue weighted by molar-refractivity contribution is 0.568. The van der Waals surface area contributed by atoms with Gasteiger partial charge in [0.2, 0.25) is 0 Å². The van der Waals surface area contributed by atoms with Crippen LogP contribution in [0.4, 0.5) is 0 Å². The van der Waals surface area contributed by atoms with Gasteiger partial charge in [-0.3, -0.25) is 0 Å². The van der Waals surface area contributed by atoms with Crippen molar-refractivity contribution in [1.29, 1.82) is 0 Å². The van der Waals surface area contributed by atoms with Crippen molar-refractivity contribution in [3.05, 3.63) is 0 Å². The molecule has 0 aromatic heterocycles. The molecule has 0 saturated carbocycles. The Labute approximate surface area is 75.8 Å². The summed E-state index contributed by atoms with van der Waals surface area (Å²) < 4.78 is 0. The van der Waals surface area contributed by atoms with E-state index < -0.39 is 12.8 Å². The van der Waals surface area contributed by atoms with Crippen LogP contribution in [-0.2, 0) is 4.79 Å². The molecule has 10 heteroatoms. The molecule has 1 nitrogen and oxygen atoms in total. The van der Waals surface area contributed by atoms with Crippen molar-refractivity contribution in [3.63, 3.8) is 0 Å². The zero-order valence-corrected chi connectivity index (χ0v) is 5.73. The molecule has 0 aromatic carbocycles. The second-order valence-corrected chi connectivity index (χ2v) is 2.28. The van der Waals surface area contributed by atoms with Gasteiger partial charge in [-0.05, 0) is 15.5 Å². The Balaban J connectivity index is 4.13. The maximum absolute atomic E-state index is 10.5. The first-order valence-electron chi connectivity index (χ1n) is 3.13. The first-order chi connectivity index (χ1) is 5.00. The summed E-state index contributed by atoms with van der Waals surface area (Å²) in [5.41, 5.74) is 0.